The Morgan fingerprint density at radius 1 is 1.13 bits per heavy atom. The minimum absolute atomic E-state index is 0.0682. The third kappa shape index (κ3) is 2.82. The first-order valence-corrected chi connectivity index (χ1v) is 8.79. The Balaban J connectivity index is 2.02. The van der Waals surface area contributed by atoms with Gasteiger partial charge in [0.05, 0.1) is 16.1 Å². The second-order valence-corrected chi connectivity index (χ2v) is 7.50. The quantitative estimate of drug-likeness (QED) is 0.938. The summed E-state index contributed by atoms with van der Waals surface area (Å²) in [4.78, 5) is 11.0. The Morgan fingerprint density at radius 2 is 1.83 bits per heavy atom. The third-order valence-electron chi connectivity index (χ3n) is 4.00. The van der Waals surface area contributed by atoms with E-state index in [9.17, 15) is 13.2 Å². The number of carboxylic acid groups (broad SMARTS) is 1. The highest BCUT2D eigenvalue weighted by Crippen LogP contribution is 2.32. The first-order chi connectivity index (χ1) is 10.9. The average molecular weight is 331 g/mol. The third-order valence-corrected chi connectivity index (χ3v) is 5.83. The molecule has 120 valence electrons. The van der Waals surface area contributed by atoms with Crippen molar-refractivity contribution in [3.8, 4) is 0 Å². The Hall–Kier alpha value is -2.34. The minimum atomic E-state index is -3.69. The topological polar surface area (TPSA) is 74.7 Å². The predicted molar refractivity (Wildman–Crippen MR) is 87.4 cm³/mol. The van der Waals surface area contributed by atoms with Gasteiger partial charge in [-0.2, -0.15) is 0 Å². The van der Waals surface area contributed by atoms with E-state index in [4.69, 9.17) is 5.11 Å². The lowest BCUT2D eigenvalue weighted by atomic mass is 10.0. The van der Waals surface area contributed by atoms with Crippen molar-refractivity contribution in [1.29, 1.82) is 0 Å². The summed E-state index contributed by atoms with van der Waals surface area (Å²) < 4.78 is 27.2. The SMILES string of the molecule is Cc1ccc2c(c1)CCCN2S(=O)(=O)c1ccc(C(=O)O)cc1. The average Bonchev–Trinajstić information content (AvgIpc) is 2.54. The number of sulfonamides is 1. The summed E-state index contributed by atoms with van der Waals surface area (Å²) in [6.45, 7) is 2.41. The summed E-state index contributed by atoms with van der Waals surface area (Å²) in [6, 6.07) is 11.1. The zero-order chi connectivity index (χ0) is 16.6. The standard InChI is InChI=1S/C17H17NO4S/c1-12-4-9-16-14(11-12)3-2-10-18(16)23(21,22)15-7-5-13(6-8-15)17(19)20/h4-9,11H,2-3,10H2,1H3,(H,19,20). The lowest BCUT2D eigenvalue weighted by Crippen LogP contribution is -2.35. The summed E-state index contributed by atoms with van der Waals surface area (Å²) >= 11 is 0. The van der Waals surface area contributed by atoms with Crippen molar-refractivity contribution in [2.75, 3.05) is 10.8 Å². The zero-order valence-electron chi connectivity index (χ0n) is 12.7. The van der Waals surface area contributed by atoms with Crippen LogP contribution in [0.15, 0.2) is 47.4 Å². The Kier molecular flexibility index (Phi) is 3.85. The van der Waals surface area contributed by atoms with E-state index in [0.717, 1.165) is 24.0 Å². The number of hydrogen-bond donors (Lipinski definition) is 1. The van der Waals surface area contributed by atoms with Gasteiger partial charge in [0.15, 0.2) is 0 Å². The normalized spacial score (nSPS) is 14.4. The fourth-order valence-electron chi connectivity index (χ4n) is 2.84. The lowest BCUT2D eigenvalue weighted by Gasteiger charge is -2.30. The first-order valence-electron chi connectivity index (χ1n) is 7.35. The Morgan fingerprint density at radius 3 is 2.48 bits per heavy atom. The van der Waals surface area contributed by atoms with Gasteiger partial charge in [-0.3, -0.25) is 4.31 Å². The van der Waals surface area contributed by atoms with Gasteiger partial charge in [-0.25, -0.2) is 13.2 Å². The van der Waals surface area contributed by atoms with Crippen molar-refractivity contribution >= 4 is 21.7 Å². The van der Waals surface area contributed by atoms with E-state index in [-0.39, 0.29) is 10.5 Å². The van der Waals surface area contributed by atoms with Crippen LogP contribution in [0.2, 0.25) is 0 Å². The van der Waals surface area contributed by atoms with Crippen molar-refractivity contribution < 1.29 is 18.3 Å². The second-order valence-electron chi connectivity index (χ2n) is 5.64. The highest BCUT2D eigenvalue weighted by molar-refractivity contribution is 7.92. The van der Waals surface area contributed by atoms with Crippen LogP contribution in [-0.2, 0) is 16.4 Å². The van der Waals surface area contributed by atoms with E-state index < -0.39 is 16.0 Å². The van der Waals surface area contributed by atoms with Crippen molar-refractivity contribution in [1.82, 2.24) is 0 Å². The maximum absolute atomic E-state index is 12.9. The fraction of sp³-hybridized carbons (Fsp3) is 0.235. The molecule has 0 saturated heterocycles. The van der Waals surface area contributed by atoms with E-state index in [1.165, 1.54) is 28.6 Å². The number of aromatic carboxylic acids is 1. The molecule has 3 rings (SSSR count). The maximum Gasteiger partial charge on any atom is 0.335 e. The zero-order valence-corrected chi connectivity index (χ0v) is 13.5. The highest BCUT2D eigenvalue weighted by atomic mass is 32.2. The second kappa shape index (κ2) is 5.70. The molecule has 0 unspecified atom stereocenters. The molecule has 0 radical (unpaired) electrons. The fourth-order valence-corrected chi connectivity index (χ4v) is 4.38. The molecule has 6 heteroatoms. The number of rotatable bonds is 3. The molecule has 1 heterocycles. The van der Waals surface area contributed by atoms with Crippen LogP contribution in [0.4, 0.5) is 5.69 Å². The predicted octanol–water partition coefficient (Wildman–Crippen LogP) is 2.83. The van der Waals surface area contributed by atoms with Crippen LogP contribution in [-0.4, -0.2) is 26.0 Å². The number of fused-ring (bicyclic) bond motifs is 1. The van der Waals surface area contributed by atoms with Crippen LogP contribution in [0.5, 0.6) is 0 Å². The van der Waals surface area contributed by atoms with E-state index >= 15 is 0 Å². The molecule has 23 heavy (non-hydrogen) atoms. The lowest BCUT2D eigenvalue weighted by molar-refractivity contribution is 0.0696. The number of hydrogen-bond acceptors (Lipinski definition) is 3. The molecular formula is C17H17NO4S. The van der Waals surface area contributed by atoms with Crippen LogP contribution in [0, 0.1) is 6.92 Å². The molecular weight excluding hydrogens is 314 g/mol. The maximum atomic E-state index is 12.9. The summed E-state index contributed by atoms with van der Waals surface area (Å²) in [5.74, 6) is -1.08. The van der Waals surface area contributed by atoms with Crippen LogP contribution < -0.4 is 4.31 Å². The molecule has 0 spiro atoms. The van der Waals surface area contributed by atoms with Crippen LogP contribution in [0.1, 0.15) is 27.9 Å². The van der Waals surface area contributed by atoms with Gasteiger partial charge < -0.3 is 5.11 Å². The molecule has 2 aromatic carbocycles. The molecule has 1 aliphatic rings. The van der Waals surface area contributed by atoms with Gasteiger partial charge in [-0.1, -0.05) is 17.7 Å². The number of carbonyl (C=O) groups is 1. The number of anilines is 1. The molecule has 0 amide bonds. The smallest absolute Gasteiger partial charge is 0.335 e. The van der Waals surface area contributed by atoms with Gasteiger partial charge in [-0.15, -0.1) is 0 Å². The number of nitrogens with zero attached hydrogens (tertiary/aromatic N) is 1. The van der Waals surface area contributed by atoms with Gasteiger partial charge >= 0.3 is 5.97 Å². The van der Waals surface area contributed by atoms with E-state index in [0.29, 0.717) is 12.2 Å². The summed E-state index contributed by atoms with van der Waals surface area (Å²) in [5.41, 5.74) is 2.92. The van der Waals surface area contributed by atoms with Gasteiger partial charge in [0.25, 0.3) is 10.0 Å². The molecule has 5 nitrogen and oxygen atoms in total. The van der Waals surface area contributed by atoms with Crippen molar-refractivity contribution in [2.24, 2.45) is 0 Å². The van der Waals surface area contributed by atoms with Gasteiger partial charge in [0.2, 0.25) is 0 Å². The Bertz CT molecular complexity index is 857. The van der Waals surface area contributed by atoms with Gasteiger partial charge in [0.1, 0.15) is 0 Å². The minimum Gasteiger partial charge on any atom is -0.478 e. The van der Waals surface area contributed by atoms with Gasteiger partial charge in [0, 0.05) is 6.54 Å². The van der Waals surface area contributed by atoms with E-state index in [2.05, 4.69) is 0 Å². The van der Waals surface area contributed by atoms with Crippen molar-refractivity contribution in [3.63, 3.8) is 0 Å². The largest absolute Gasteiger partial charge is 0.478 e. The summed E-state index contributed by atoms with van der Waals surface area (Å²) in [5, 5.41) is 8.92. The van der Waals surface area contributed by atoms with Crippen LogP contribution >= 0.6 is 0 Å². The molecule has 0 fully saturated rings. The Labute approximate surface area is 135 Å². The molecule has 0 aromatic heterocycles. The molecule has 1 aliphatic heterocycles. The molecule has 1 N–H and O–H groups in total. The first kappa shape index (κ1) is 15.6. The van der Waals surface area contributed by atoms with Gasteiger partial charge in [-0.05, 0) is 55.7 Å². The molecule has 0 bridgehead atoms. The summed E-state index contributed by atoms with van der Waals surface area (Å²) in [7, 11) is -3.69. The number of carboxylic acids is 1. The molecule has 0 saturated carbocycles. The monoisotopic (exact) mass is 331 g/mol. The van der Waals surface area contributed by atoms with E-state index in [1.807, 2.05) is 25.1 Å². The molecule has 2 aromatic rings. The number of aryl methyl sites for hydroxylation is 2. The molecule has 0 atom stereocenters. The van der Waals surface area contributed by atoms with Crippen LogP contribution in [0.3, 0.4) is 0 Å². The number of benzene rings is 2. The van der Waals surface area contributed by atoms with Crippen molar-refractivity contribution in [3.05, 3.63) is 59.2 Å². The molecule has 0 aliphatic carbocycles. The highest BCUT2D eigenvalue weighted by Gasteiger charge is 2.29. The summed E-state index contributed by atoms with van der Waals surface area (Å²) in [6.07, 6.45) is 1.63. The van der Waals surface area contributed by atoms with E-state index in [1.54, 1.807) is 0 Å². The van der Waals surface area contributed by atoms with Crippen LogP contribution in [0.25, 0.3) is 0 Å². The van der Waals surface area contributed by atoms with Crippen molar-refractivity contribution in [2.45, 2.75) is 24.7 Å².